The Balaban J connectivity index is 1.66. The van der Waals surface area contributed by atoms with Gasteiger partial charge in [0, 0.05) is 29.3 Å². The van der Waals surface area contributed by atoms with Gasteiger partial charge in [-0.2, -0.15) is 26.0 Å². The molecule has 2 aromatic carbocycles. The second-order valence-corrected chi connectivity index (χ2v) is 10.5. The summed E-state index contributed by atoms with van der Waals surface area (Å²) in [6, 6.07) is 19.5. The van der Waals surface area contributed by atoms with E-state index >= 15 is 0 Å². The van der Waals surface area contributed by atoms with Gasteiger partial charge in [0.1, 0.15) is 0 Å². The number of thiophene rings is 1. The van der Waals surface area contributed by atoms with Crippen LogP contribution in [0.1, 0.15) is 29.2 Å². The molecule has 1 aliphatic rings. The Morgan fingerprint density at radius 1 is 1.00 bits per heavy atom. The average Bonchev–Trinajstić information content (AvgIpc) is 3.52. The Hall–Kier alpha value is -3.23. The summed E-state index contributed by atoms with van der Waals surface area (Å²) in [6.07, 6.45) is 3.62. The van der Waals surface area contributed by atoms with Crippen LogP contribution in [-0.2, 0) is 10.0 Å². The maximum atomic E-state index is 12.7. The van der Waals surface area contributed by atoms with Gasteiger partial charge in [0.15, 0.2) is 0 Å². The Morgan fingerprint density at radius 3 is 2.41 bits per heavy atom. The van der Waals surface area contributed by atoms with Crippen molar-refractivity contribution >= 4 is 27.1 Å². The molecule has 0 aliphatic carbocycles. The number of rotatable bonds is 5. The van der Waals surface area contributed by atoms with Gasteiger partial charge in [-0.15, -0.1) is 0 Å². The third kappa shape index (κ3) is 3.87. The molecule has 0 radical (unpaired) electrons. The third-order valence-electron chi connectivity index (χ3n) is 5.51. The van der Waals surface area contributed by atoms with Crippen molar-refractivity contribution in [2.45, 2.75) is 19.4 Å². The fraction of sp³-hybridized carbons (Fsp3) is 0.167. The summed E-state index contributed by atoms with van der Waals surface area (Å²) in [5.41, 5.74) is 6.32. The molecule has 0 spiro atoms. The number of aromatic nitrogens is 2. The highest BCUT2D eigenvalue weighted by Gasteiger charge is 2.37. The van der Waals surface area contributed by atoms with Crippen LogP contribution in [0, 0.1) is 6.92 Å². The summed E-state index contributed by atoms with van der Waals surface area (Å²) >= 11 is 1.57. The highest BCUT2D eigenvalue weighted by molar-refractivity contribution is 7.88. The van der Waals surface area contributed by atoms with Gasteiger partial charge in [-0.1, -0.05) is 48.0 Å². The Morgan fingerprint density at radius 2 is 1.75 bits per heavy atom. The molecule has 0 N–H and O–H groups in total. The number of hydrogen-bond donors (Lipinski definition) is 0. The average molecular weight is 463 g/mol. The molecule has 0 saturated carbocycles. The minimum atomic E-state index is -3.57. The molecule has 1 aliphatic heterocycles. The predicted octanol–water partition coefficient (Wildman–Crippen LogP) is 5.02. The number of aryl methyl sites for hydroxylation is 1. The SMILES string of the molecule is Cc1ccc(-c2nn(-c3ccccc3)cc2[C@@H]2CC(c3ccsc3)=NN2S(C)(=O)=O)cc1. The molecular weight excluding hydrogens is 440 g/mol. The minimum Gasteiger partial charge on any atom is -0.240 e. The van der Waals surface area contributed by atoms with Crippen LogP contribution in [0.15, 0.2) is 82.7 Å². The number of benzene rings is 2. The fourth-order valence-electron chi connectivity index (χ4n) is 3.91. The van der Waals surface area contributed by atoms with E-state index in [2.05, 4.69) is 5.10 Å². The Kier molecular flexibility index (Phi) is 5.19. The molecular formula is C24H22N4O2S2. The van der Waals surface area contributed by atoms with Crippen molar-refractivity contribution in [2.24, 2.45) is 5.10 Å². The predicted molar refractivity (Wildman–Crippen MR) is 129 cm³/mol. The summed E-state index contributed by atoms with van der Waals surface area (Å²) in [4.78, 5) is 0. The van der Waals surface area contributed by atoms with Crippen LogP contribution in [-0.4, -0.2) is 34.6 Å². The molecule has 0 amide bonds. The van der Waals surface area contributed by atoms with Gasteiger partial charge in [0.2, 0.25) is 10.0 Å². The van der Waals surface area contributed by atoms with E-state index in [-0.39, 0.29) is 0 Å². The largest absolute Gasteiger partial charge is 0.247 e. The molecule has 0 unspecified atom stereocenters. The number of nitrogens with zero attached hydrogens (tertiary/aromatic N) is 4. The zero-order valence-electron chi connectivity index (χ0n) is 17.7. The third-order valence-corrected chi connectivity index (χ3v) is 7.21. The molecule has 0 bridgehead atoms. The van der Waals surface area contributed by atoms with E-state index in [0.29, 0.717) is 6.42 Å². The van der Waals surface area contributed by atoms with Crippen LogP contribution in [0.4, 0.5) is 0 Å². The van der Waals surface area contributed by atoms with Crippen molar-refractivity contribution < 1.29 is 8.42 Å². The highest BCUT2D eigenvalue weighted by Crippen LogP contribution is 2.39. The molecule has 0 fully saturated rings. The molecule has 5 rings (SSSR count). The molecule has 8 heteroatoms. The lowest BCUT2D eigenvalue weighted by Gasteiger charge is -2.21. The number of hydrogen-bond acceptors (Lipinski definition) is 5. The second-order valence-electron chi connectivity index (χ2n) is 7.89. The lowest BCUT2D eigenvalue weighted by Crippen LogP contribution is -2.26. The first-order valence-electron chi connectivity index (χ1n) is 10.2. The zero-order chi connectivity index (χ0) is 22.3. The van der Waals surface area contributed by atoms with Gasteiger partial charge in [-0.05, 0) is 35.9 Å². The van der Waals surface area contributed by atoms with Gasteiger partial charge < -0.3 is 0 Å². The molecule has 32 heavy (non-hydrogen) atoms. The van der Waals surface area contributed by atoms with E-state index in [0.717, 1.165) is 39.3 Å². The van der Waals surface area contributed by atoms with Gasteiger partial charge in [-0.3, -0.25) is 0 Å². The van der Waals surface area contributed by atoms with Crippen molar-refractivity contribution in [3.63, 3.8) is 0 Å². The summed E-state index contributed by atoms with van der Waals surface area (Å²) < 4.78 is 28.4. The van der Waals surface area contributed by atoms with E-state index < -0.39 is 16.1 Å². The van der Waals surface area contributed by atoms with Crippen LogP contribution in [0.2, 0.25) is 0 Å². The van der Waals surface area contributed by atoms with E-state index in [4.69, 9.17) is 5.10 Å². The van der Waals surface area contributed by atoms with Crippen molar-refractivity contribution in [3.05, 3.63) is 94.3 Å². The number of para-hydroxylation sites is 1. The first kappa shape index (κ1) is 20.7. The quantitative estimate of drug-likeness (QED) is 0.418. The van der Waals surface area contributed by atoms with Gasteiger partial charge in [0.05, 0.1) is 29.4 Å². The van der Waals surface area contributed by atoms with Crippen molar-refractivity contribution in [3.8, 4) is 16.9 Å². The number of hydrazone groups is 1. The topological polar surface area (TPSA) is 67.6 Å². The Labute approximate surface area is 191 Å². The summed E-state index contributed by atoms with van der Waals surface area (Å²) in [5, 5.41) is 13.4. The minimum absolute atomic E-state index is 0.464. The van der Waals surface area contributed by atoms with E-state index in [1.165, 1.54) is 10.7 Å². The maximum Gasteiger partial charge on any atom is 0.247 e. The molecule has 3 heterocycles. The van der Waals surface area contributed by atoms with Gasteiger partial charge in [-0.25, -0.2) is 13.1 Å². The molecule has 0 saturated heterocycles. The van der Waals surface area contributed by atoms with E-state index in [1.807, 2.05) is 89.2 Å². The van der Waals surface area contributed by atoms with Crippen LogP contribution in [0.25, 0.3) is 16.9 Å². The van der Waals surface area contributed by atoms with E-state index in [1.54, 1.807) is 11.3 Å². The zero-order valence-corrected chi connectivity index (χ0v) is 19.3. The van der Waals surface area contributed by atoms with Crippen LogP contribution in [0.5, 0.6) is 0 Å². The lowest BCUT2D eigenvalue weighted by molar-refractivity contribution is 0.375. The Bertz CT molecular complexity index is 1370. The first-order valence-corrected chi connectivity index (χ1v) is 13.0. The van der Waals surface area contributed by atoms with Crippen molar-refractivity contribution in [1.29, 1.82) is 0 Å². The molecule has 6 nitrogen and oxygen atoms in total. The van der Waals surface area contributed by atoms with Crippen LogP contribution in [0.3, 0.4) is 0 Å². The van der Waals surface area contributed by atoms with Gasteiger partial charge in [0.25, 0.3) is 0 Å². The van der Waals surface area contributed by atoms with Crippen LogP contribution >= 0.6 is 11.3 Å². The smallest absolute Gasteiger partial charge is 0.240 e. The van der Waals surface area contributed by atoms with E-state index in [9.17, 15) is 8.42 Å². The summed E-state index contributed by atoms with van der Waals surface area (Å²) in [6.45, 7) is 2.04. The first-order chi connectivity index (χ1) is 15.4. The standard InChI is InChI=1S/C24H22N4O2S2/c1-17-8-10-18(11-9-17)24-21(15-27(26-24)20-6-4-3-5-7-20)23-14-22(19-12-13-31-16-19)25-28(23)32(2,29)30/h3-13,15-16,23H,14H2,1-2H3/t23-/m0/s1. The summed E-state index contributed by atoms with van der Waals surface area (Å²) in [5.74, 6) is 0. The molecule has 162 valence electrons. The van der Waals surface area contributed by atoms with Crippen LogP contribution < -0.4 is 0 Å². The second kappa shape index (κ2) is 8.03. The molecule has 1 atom stereocenters. The highest BCUT2D eigenvalue weighted by atomic mass is 32.2. The fourth-order valence-corrected chi connectivity index (χ4v) is 5.47. The van der Waals surface area contributed by atoms with Crippen molar-refractivity contribution in [2.75, 3.05) is 6.26 Å². The summed E-state index contributed by atoms with van der Waals surface area (Å²) in [7, 11) is -3.57. The normalized spacial score (nSPS) is 16.4. The molecule has 2 aromatic heterocycles. The maximum absolute atomic E-state index is 12.7. The monoisotopic (exact) mass is 462 g/mol. The molecule has 4 aromatic rings. The van der Waals surface area contributed by atoms with Crippen molar-refractivity contribution in [1.82, 2.24) is 14.2 Å². The number of sulfonamides is 1. The van der Waals surface area contributed by atoms with Gasteiger partial charge >= 0.3 is 0 Å². The lowest BCUT2D eigenvalue weighted by atomic mass is 9.97.